The lowest BCUT2D eigenvalue weighted by Crippen LogP contribution is -2.30. The fourth-order valence-corrected chi connectivity index (χ4v) is 3.58. The zero-order chi connectivity index (χ0) is 21.8. The van der Waals surface area contributed by atoms with Crippen LogP contribution in [0.3, 0.4) is 0 Å². The van der Waals surface area contributed by atoms with Gasteiger partial charge in [0, 0.05) is 39.2 Å². The molecule has 1 unspecified atom stereocenters. The molecule has 4 nitrogen and oxygen atoms in total. The zero-order valence-corrected chi connectivity index (χ0v) is 18.9. The number of furan rings is 1. The van der Waals surface area contributed by atoms with Crippen molar-refractivity contribution >= 4 is 34.1 Å². The molecule has 0 spiro atoms. The maximum atomic E-state index is 12.4. The standard InChI is InChI=1S/C25H28ClNO3/c1-6-16(4)27-23(28)12-15(3)20-13-21-22(18-8-10-19(26)11-9-18)14-30-25(21)17(5)24(20)29-7-2/h8-14,16H,6-7H2,1-5H3,(H,27,28)/b15-12+. The molecule has 0 aliphatic rings. The largest absolute Gasteiger partial charge is 0.493 e. The fraction of sp³-hybridized carbons (Fsp3) is 0.320. The lowest BCUT2D eigenvalue weighted by atomic mass is 9.96. The molecule has 0 radical (unpaired) electrons. The van der Waals surface area contributed by atoms with Gasteiger partial charge in [-0.1, -0.05) is 30.7 Å². The number of aryl methyl sites for hydroxylation is 1. The molecular formula is C25H28ClNO3. The molecule has 1 atom stereocenters. The second-order valence-corrected chi connectivity index (χ2v) is 7.93. The number of rotatable bonds is 7. The minimum atomic E-state index is -0.104. The molecule has 0 bridgehead atoms. The van der Waals surface area contributed by atoms with Crippen LogP contribution in [0.4, 0.5) is 0 Å². The summed E-state index contributed by atoms with van der Waals surface area (Å²) in [7, 11) is 0. The van der Waals surface area contributed by atoms with Crippen LogP contribution in [-0.4, -0.2) is 18.6 Å². The van der Waals surface area contributed by atoms with E-state index in [1.54, 1.807) is 12.3 Å². The number of carbonyl (C=O) groups is 1. The van der Waals surface area contributed by atoms with Crippen LogP contribution in [0.2, 0.25) is 5.02 Å². The topological polar surface area (TPSA) is 51.5 Å². The second kappa shape index (κ2) is 9.40. The maximum Gasteiger partial charge on any atom is 0.244 e. The van der Waals surface area contributed by atoms with E-state index >= 15 is 0 Å². The van der Waals surface area contributed by atoms with Crippen molar-refractivity contribution in [2.24, 2.45) is 0 Å². The highest BCUT2D eigenvalue weighted by molar-refractivity contribution is 6.30. The van der Waals surface area contributed by atoms with E-state index in [1.165, 1.54) is 0 Å². The Morgan fingerprint density at radius 2 is 1.97 bits per heavy atom. The minimum Gasteiger partial charge on any atom is -0.493 e. The van der Waals surface area contributed by atoms with Gasteiger partial charge in [0.1, 0.15) is 11.3 Å². The number of halogens is 1. The van der Waals surface area contributed by atoms with E-state index in [1.807, 2.05) is 65.0 Å². The highest BCUT2D eigenvalue weighted by Crippen LogP contribution is 2.40. The summed E-state index contributed by atoms with van der Waals surface area (Å²) < 4.78 is 11.9. The van der Waals surface area contributed by atoms with Gasteiger partial charge in [-0.05, 0) is 63.5 Å². The summed E-state index contributed by atoms with van der Waals surface area (Å²) in [6, 6.07) is 9.84. The summed E-state index contributed by atoms with van der Waals surface area (Å²) in [5, 5.41) is 4.65. The van der Waals surface area contributed by atoms with E-state index in [2.05, 4.69) is 5.32 Å². The van der Waals surface area contributed by atoms with Gasteiger partial charge in [-0.2, -0.15) is 0 Å². The second-order valence-electron chi connectivity index (χ2n) is 7.49. The molecule has 0 aliphatic heterocycles. The third-order valence-corrected chi connectivity index (χ3v) is 5.51. The number of ether oxygens (including phenoxy) is 1. The number of carbonyl (C=O) groups excluding carboxylic acids is 1. The minimum absolute atomic E-state index is 0.104. The van der Waals surface area contributed by atoms with E-state index in [0.717, 1.165) is 51.0 Å². The molecule has 30 heavy (non-hydrogen) atoms. The highest BCUT2D eigenvalue weighted by atomic mass is 35.5. The molecule has 3 aromatic rings. The summed E-state index contributed by atoms with van der Waals surface area (Å²) >= 11 is 6.05. The van der Waals surface area contributed by atoms with Crippen molar-refractivity contribution < 1.29 is 13.9 Å². The molecule has 0 aliphatic carbocycles. The molecule has 1 N–H and O–H groups in total. The summed E-state index contributed by atoms with van der Waals surface area (Å²) in [5.74, 6) is 0.638. The third kappa shape index (κ3) is 4.54. The summed E-state index contributed by atoms with van der Waals surface area (Å²) in [6.45, 7) is 10.4. The quantitative estimate of drug-likeness (QED) is 0.424. The van der Waals surface area contributed by atoms with Gasteiger partial charge >= 0.3 is 0 Å². The van der Waals surface area contributed by atoms with Crippen molar-refractivity contribution in [2.45, 2.75) is 47.1 Å². The number of hydrogen-bond donors (Lipinski definition) is 1. The molecule has 0 fully saturated rings. The van der Waals surface area contributed by atoms with Crippen LogP contribution in [0.25, 0.3) is 27.7 Å². The van der Waals surface area contributed by atoms with Crippen LogP contribution in [0.15, 0.2) is 47.1 Å². The zero-order valence-electron chi connectivity index (χ0n) is 18.1. The number of hydrogen-bond acceptors (Lipinski definition) is 3. The molecule has 1 heterocycles. The monoisotopic (exact) mass is 425 g/mol. The normalized spacial score (nSPS) is 12.8. The first-order chi connectivity index (χ1) is 14.3. The van der Waals surface area contributed by atoms with Gasteiger partial charge in [0.05, 0.1) is 12.9 Å². The Hall–Kier alpha value is -2.72. The van der Waals surface area contributed by atoms with Crippen LogP contribution in [0, 0.1) is 6.92 Å². The number of fused-ring (bicyclic) bond motifs is 1. The van der Waals surface area contributed by atoms with Gasteiger partial charge in [-0.25, -0.2) is 0 Å². The number of allylic oxidation sites excluding steroid dienone is 1. The van der Waals surface area contributed by atoms with Gasteiger partial charge in [0.15, 0.2) is 0 Å². The molecule has 3 rings (SSSR count). The average Bonchev–Trinajstić information content (AvgIpc) is 3.14. The van der Waals surface area contributed by atoms with E-state index in [-0.39, 0.29) is 11.9 Å². The molecule has 1 aromatic heterocycles. The third-order valence-electron chi connectivity index (χ3n) is 5.26. The van der Waals surface area contributed by atoms with Crippen LogP contribution in [0.5, 0.6) is 5.75 Å². The van der Waals surface area contributed by atoms with Crippen LogP contribution < -0.4 is 10.1 Å². The van der Waals surface area contributed by atoms with Gasteiger partial charge in [0.2, 0.25) is 5.91 Å². The van der Waals surface area contributed by atoms with Crippen molar-refractivity contribution in [2.75, 3.05) is 6.61 Å². The van der Waals surface area contributed by atoms with Crippen LogP contribution >= 0.6 is 11.6 Å². The highest BCUT2D eigenvalue weighted by Gasteiger charge is 2.19. The van der Waals surface area contributed by atoms with Gasteiger partial charge in [-0.15, -0.1) is 0 Å². The number of amides is 1. The maximum absolute atomic E-state index is 12.4. The van der Waals surface area contributed by atoms with E-state index in [4.69, 9.17) is 20.8 Å². The lowest BCUT2D eigenvalue weighted by Gasteiger charge is -2.15. The number of nitrogens with one attached hydrogen (secondary N) is 1. The van der Waals surface area contributed by atoms with E-state index < -0.39 is 0 Å². The Labute approximate surface area is 182 Å². The lowest BCUT2D eigenvalue weighted by molar-refractivity contribution is -0.117. The van der Waals surface area contributed by atoms with E-state index in [9.17, 15) is 4.79 Å². The Bertz CT molecular complexity index is 1080. The van der Waals surface area contributed by atoms with E-state index in [0.29, 0.717) is 11.6 Å². The van der Waals surface area contributed by atoms with Crippen molar-refractivity contribution in [1.29, 1.82) is 0 Å². The van der Waals surface area contributed by atoms with Gasteiger partial charge in [-0.3, -0.25) is 4.79 Å². The predicted octanol–water partition coefficient (Wildman–Crippen LogP) is 6.78. The Kier molecular flexibility index (Phi) is 6.88. The molecular weight excluding hydrogens is 398 g/mol. The van der Waals surface area contributed by atoms with Gasteiger partial charge < -0.3 is 14.5 Å². The molecule has 5 heteroatoms. The first-order valence-electron chi connectivity index (χ1n) is 10.3. The van der Waals surface area contributed by atoms with Crippen LogP contribution in [-0.2, 0) is 4.79 Å². The van der Waals surface area contributed by atoms with Crippen molar-refractivity contribution in [3.8, 4) is 16.9 Å². The van der Waals surface area contributed by atoms with Crippen LogP contribution in [0.1, 0.15) is 45.2 Å². The molecule has 0 saturated heterocycles. The van der Waals surface area contributed by atoms with Crippen molar-refractivity contribution in [3.05, 3.63) is 58.8 Å². The Morgan fingerprint density at radius 1 is 1.27 bits per heavy atom. The molecule has 158 valence electrons. The molecule has 2 aromatic carbocycles. The molecule has 0 saturated carbocycles. The van der Waals surface area contributed by atoms with Crippen molar-refractivity contribution in [3.63, 3.8) is 0 Å². The summed E-state index contributed by atoms with van der Waals surface area (Å²) in [5.41, 5.74) is 5.42. The summed E-state index contributed by atoms with van der Waals surface area (Å²) in [4.78, 5) is 12.4. The number of benzene rings is 2. The van der Waals surface area contributed by atoms with Gasteiger partial charge in [0.25, 0.3) is 0 Å². The predicted molar refractivity (Wildman–Crippen MR) is 124 cm³/mol. The SMILES string of the molecule is CCOc1c(/C(C)=C/C(=O)NC(C)CC)cc2c(-c3ccc(Cl)cc3)coc2c1C. The first-order valence-corrected chi connectivity index (χ1v) is 10.7. The average molecular weight is 426 g/mol. The van der Waals surface area contributed by atoms with Crippen molar-refractivity contribution in [1.82, 2.24) is 5.32 Å². The first kappa shape index (κ1) is 22.0. The Morgan fingerprint density at radius 3 is 2.60 bits per heavy atom. The smallest absolute Gasteiger partial charge is 0.244 e. The Balaban J connectivity index is 2.14. The fourth-order valence-electron chi connectivity index (χ4n) is 3.45. The molecule has 1 amide bonds. The summed E-state index contributed by atoms with van der Waals surface area (Å²) in [6.07, 6.45) is 4.28.